The van der Waals surface area contributed by atoms with Gasteiger partial charge in [0, 0.05) is 18.2 Å². The van der Waals surface area contributed by atoms with Crippen molar-refractivity contribution in [2.24, 2.45) is 0 Å². The zero-order valence-corrected chi connectivity index (χ0v) is 11.9. The van der Waals surface area contributed by atoms with E-state index in [4.69, 9.17) is 5.73 Å². The van der Waals surface area contributed by atoms with Gasteiger partial charge in [0.1, 0.15) is 12.2 Å². The molecular formula is C15H20N4O. The number of hydrogen-bond donors (Lipinski definition) is 2. The summed E-state index contributed by atoms with van der Waals surface area (Å²) < 4.78 is 1.87. The molecule has 1 aliphatic rings. The van der Waals surface area contributed by atoms with E-state index in [2.05, 4.69) is 23.9 Å². The van der Waals surface area contributed by atoms with Crippen molar-refractivity contribution >= 4 is 5.69 Å². The van der Waals surface area contributed by atoms with Gasteiger partial charge in [0.15, 0.2) is 0 Å². The zero-order valence-electron chi connectivity index (χ0n) is 11.9. The van der Waals surface area contributed by atoms with Gasteiger partial charge in [-0.25, -0.2) is 9.67 Å². The van der Waals surface area contributed by atoms with Crippen LogP contribution in [0.15, 0.2) is 24.5 Å². The Hall–Kier alpha value is -1.88. The van der Waals surface area contributed by atoms with Crippen LogP contribution in [0.5, 0.6) is 0 Å². The lowest BCUT2D eigenvalue weighted by Gasteiger charge is -2.24. The van der Waals surface area contributed by atoms with Crippen molar-refractivity contribution in [3.8, 4) is 0 Å². The fourth-order valence-corrected chi connectivity index (χ4v) is 3.03. The van der Waals surface area contributed by atoms with Gasteiger partial charge in [-0.05, 0) is 49.9 Å². The Labute approximate surface area is 118 Å². The van der Waals surface area contributed by atoms with Crippen LogP contribution in [0.25, 0.3) is 0 Å². The molecule has 5 nitrogen and oxygen atoms in total. The van der Waals surface area contributed by atoms with Crippen molar-refractivity contribution in [2.75, 3.05) is 5.73 Å². The summed E-state index contributed by atoms with van der Waals surface area (Å²) in [5.74, 6) is 0.826. The first-order chi connectivity index (χ1) is 9.49. The second kappa shape index (κ2) is 4.59. The molecule has 1 unspecified atom stereocenters. The molecule has 1 atom stereocenters. The van der Waals surface area contributed by atoms with Gasteiger partial charge in [-0.15, -0.1) is 0 Å². The monoisotopic (exact) mass is 272 g/mol. The third-order valence-corrected chi connectivity index (χ3v) is 4.03. The van der Waals surface area contributed by atoms with Gasteiger partial charge in [0.25, 0.3) is 0 Å². The van der Waals surface area contributed by atoms with Crippen LogP contribution in [0.2, 0.25) is 0 Å². The van der Waals surface area contributed by atoms with Crippen LogP contribution in [0.3, 0.4) is 0 Å². The number of aliphatic hydroxyl groups is 1. The van der Waals surface area contributed by atoms with Gasteiger partial charge in [0.2, 0.25) is 0 Å². The SMILES string of the molecule is CC(C)n1ncnc1CC1(O)CCc2cc(N)ccc21. The van der Waals surface area contributed by atoms with Gasteiger partial charge >= 0.3 is 0 Å². The Morgan fingerprint density at radius 1 is 1.45 bits per heavy atom. The topological polar surface area (TPSA) is 77.0 Å². The Balaban J connectivity index is 1.94. The maximum Gasteiger partial charge on any atom is 0.138 e. The van der Waals surface area contributed by atoms with E-state index in [0.717, 1.165) is 29.1 Å². The van der Waals surface area contributed by atoms with Crippen LogP contribution < -0.4 is 5.73 Å². The summed E-state index contributed by atoms with van der Waals surface area (Å²) in [6, 6.07) is 5.99. The number of hydrogen-bond acceptors (Lipinski definition) is 4. The summed E-state index contributed by atoms with van der Waals surface area (Å²) in [5, 5.41) is 15.2. The molecule has 5 heteroatoms. The normalized spacial score (nSPS) is 21.4. The number of aryl methyl sites for hydroxylation is 1. The quantitative estimate of drug-likeness (QED) is 0.836. The highest BCUT2D eigenvalue weighted by Gasteiger charge is 2.38. The number of fused-ring (bicyclic) bond motifs is 1. The zero-order chi connectivity index (χ0) is 14.3. The minimum atomic E-state index is -0.858. The van der Waals surface area contributed by atoms with E-state index >= 15 is 0 Å². The molecule has 106 valence electrons. The minimum Gasteiger partial charge on any atom is -0.399 e. The Morgan fingerprint density at radius 2 is 2.25 bits per heavy atom. The molecule has 1 aromatic heterocycles. The van der Waals surface area contributed by atoms with Crippen LogP contribution in [-0.2, 0) is 18.4 Å². The van der Waals surface area contributed by atoms with E-state index in [-0.39, 0.29) is 6.04 Å². The van der Waals surface area contributed by atoms with Gasteiger partial charge in [-0.2, -0.15) is 5.10 Å². The summed E-state index contributed by atoms with van der Waals surface area (Å²) in [7, 11) is 0. The largest absolute Gasteiger partial charge is 0.399 e. The van der Waals surface area contributed by atoms with E-state index in [1.807, 2.05) is 22.9 Å². The lowest BCUT2D eigenvalue weighted by molar-refractivity contribution is 0.0355. The number of nitrogen functional groups attached to an aromatic ring is 1. The van der Waals surface area contributed by atoms with Crippen molar-refractivity contribution in [3.05, 3.63) is 41.5 Å². The minimum absolute atomic E-state index is 0.239. The summed E-state index contributed by atoms with van der Waals surface area (Å²) in [4.78, 5) is 4.30. The number of benzene rings is 1. The Bertz CT molecular complexity index is 635. The fourth-order valence-electron chi connectivity index (χ4n) is 3.03. The first-order valence-electron chi connectivity index (χ1n) is 6.99. The Morgan fingerprint density at radius 3 is 3.00 bits per heavy atom. The van der Waals surface area contributed by atoms with Crippen molar-refractivity contribution < 1.29 is 5.11 Å². The second-order valence-electron chi connectivity index (χ2n) is 5.84. The number of anilines is 1. The molecule has 0 spiro atoms. The summed E-state index contributed by atoms with van der Waals surface area (Å²) in [6.45, 7) is 4.12. The van der Waals surface area contributed by atoms with Gasteiger partial charge in [-0.3, -0.25) is 0 Å². The molecule has 0 radical (unpaired) electrons. The summed E-state index contributed by atoms with van der Waals surface area (Å²) in [5.41, 5.74) is 7.82. The average molecular weight is 272 g/mol. The molecule has 0 saturated carbocycles. The molecule has 0 aliphatic heterocycles. The number of aromatic nitrogens is 3. The maximum atomic E-state index is 11.0. The van der Waals surface area contributed by atoms with Crippen LogP contribution in [0.4, 0.5) is 5.69 Å². The second-order valence-corrected chi connectivity index (χ2v) is 5.84. The first-order valence-corrected chi connectivity index (χ1v) is 6.99. The molecule has 1 aliphatic carbocycles. The van der Waals surface area contributed by atoms with Crippen LogP contribution in [0.1, 0.15) is 43.3 Å². The molecule has 0 bridgehead atoms. The highest BCUT2D eigenvalue weighted by Crippen LogP contribution is 2.39. The number of rotatable bonds is 3. The highest BCUT2D eigenvalue weighted by molar-refractivity contribution is 5.49. The van der Waals surface area contributed by atoms with E-state index in [9.17, 15) is 5.11 Å². The molecule has 0 saturated heterocycles. The third kappa shape index (κ3) is 2.08. The van der Waals surface area contributed by atoms with Crippen molar-refractivity contribution in [3.63, 3.8) is 0 Å². The molecule has 3 rings (SSSR count). The van der Waals surface area contributed by atoms with E-state index in [1.165, 1.54) is 0 Å². The molecule has 2 aromatic rings. The van der Waals surface area contributed by atoms with E-state index in [0.29, 0.717) is 12.8 Å². The van der Waals surface area contributed by atoms with Crippen LogP contribution >= 0.6 is 0 Å². The summed E-state index contributed by atoms with van der Waals surface area (Å²) >= 11 is 0. The van der Waals surface area contributed by atoms with E-state index < -0.39 is 5.60 Å². The third-order valence-electron chi connectivity index (χ3n) is 4.03. The average Bonchev–Trinajstić information content (AvgIpc) is 2.95. The fraction of sp³-hybridized carbons (Fsp3) is 0.467. The molecule has 1 heterocycles. The van der Waals surface area contributed by atoms with Crippen molar-refractivity contribution in [1.82, 2.24) is 14.8 Å². The molecule has 1 aromatic carbocycles. The molecular weight excluding hydrogens is 252 g/mol. The summed E-state index contributed by atoms with van der Waals surface area (Å²) in [6.07, 6.45) is 3.60. The van der Waals surface area contributed by atoms with Gasteiger partial charge < -0.3 is 10.8 Å². The first kappa shape index (κ1) is 13.1. The lowest BCUT2D eigenvalue weighted by atomic mass is 9.92. The van der Waals surface area contributed by atoms with E-state index in [1.54, 1.807) is 6.33 Å². The molecule has 0 fully saturated rings. The number of nitrogens with zero attached hydrogens (tertiary/aromatic N) is 3. The smallest absolute Gasteiger partial charge is 0.138 e. The van der Waals surface area contributed by atoms with Crippen molar-refractivity contribution in [1.29, 1.82) is 0 Å². The van der Waals surface area contributed by atoms with Crippen molar-refractivity contribution in [2.45, 2.75) is 44.8 Å². The van der Waals surface area contributed by atoms with Gasteiger partial charge in [0.05, 0.1) is 5.60 Å². The lowest BCUT2D eigenvalue weighted by Crippen LogP contribution is -2.27. The predicted molar refractivity (Wildman–Crippen MR) is 77.2 cm³/mol. The molecule has 0 amide bonds. The molecule has 3 N–H and O–H groups in total. The predicted octanol–water partition coefficient (Wildman–Crippen LogP) is 1.82. The Kier molecular flexibility index (Phi) is 3.01. The molecule has 20 heavy (non-hydrogen) atoms. The standard InChI is InChI=1S/C15H20N4O/c1-10(2)19-14(17-9-18-19)8-15(20)6-5-11-7-12(16)3-4-13(11)15/h3-4,7,9-10,20H,5-6,8,16H2,1-2H3. The van der Waals surface area contributed by atoms with Crippen LogP contribution in [0, 0.1) is 0 Å². The van der Waals surface area contributed by atoms with Gasteiger partial charge in [-0.1, -0.05) is 6.07 Å². The highest BCUT2D eigenvalue weighted by atomic mass is 16.3. The van der Waals surface area contributed by atoms with Crippen LogP contribution in [-0.4, -0.2) is 19.9 Å². The maximum absolute atomic E-state index is 11.0. The number of nitrogens with two attached hydrogens (primary N) is 1.